The van der Waals surface area contributed by atoms with Crippen LogP contribution in [0.2, 0.25) is 5.02 Å². The third-order valence-corrected chi connectivity index (χ3v) is 1.38. The Kier molecular flexibility index (Phi) is 2.44. The lowest BCUT2D eigenvalue weighted by Gasteiger charge is -1.99. The van der Waals surface area contributed by atoms with E-state index in [1.165, 1.54) is 18.2 Å². The molecule has 0 bridgehead atoms. The summed E-state index contributed by atoms with van der Waals surface area (Å²) in [6.07, 6.45) is 0.398. The average molecular weight is 174 g/mol. The summed E-state index contributed by atoms with van der Waals surface area (Å²) in [4.78, 5) is 9.92. The van der Waals surface area contributed by atoms with Crippen LogP contribution in [-0.4, -0.2) is 6.41 Å². The Morgan fingerprint density at radius 3 is 2.91 bits per heavy atom. The van der Waals surface area contributed by atoms with Gasteiger partial charge in [0.25, 0.3) is 0 Å². The van der Waals surface area contributed by atoms with E-state index in [4.69, 9.17) is 11.6 Å². The van der Waals surface area contributed by atoms with Gasteiger partial charge in [-0.05, 0) is 18.2 Å². The van der Waals surface area contributed by atoms with Crippen molar-refractivity contribution in [1.82, 2.24) is 0 Å². The largest absolute Gasteiger partial charge is 0.326 e. The van der Waals surface area contributed by atoms with E-state index in [0.29, 0.717) is 11.4 Å². The molecule has 4 heteroatoms. The molecule has 0 radical (unpaired) electrons. The summed E-state index contributed by atoms with van der Waals surface area (Å²) in [5.74, 6) is -0.499. The van der Waals surface area contributed by atoms with Crippen molar-refractivity contribution in [1.29, 1.82) is 0 Å². The standard InChI is InChI=1S/C7H5ClFNO/c8-5-1-2-6(9)7(3-5)10-4-11/h1-4H,(H,10,11). The molecule has 1 rings (SSSR count). The van der Waals surface area contributed by atoms with Gasteiger partial charge in [0, 0.05) is 5.02 Å². The first kappa shape index (κ1) is 8.01. The maximum absolute atomic E-state index is 12.7. The van der Waals surface area contributed by atoms with E-state index < -0.39 is 5.82 Å². The molecule has 1 aromatic carbocycles. The summed E-state index contributed by atoms with van der Waals surface area (Å²) in [5.41, 5.74) is 0.0903. The van der Waals surface area contributed by atoms with Gasteiger partial charge in [-0.15, -0.1) is 0 Å². The van der Waals surface area contributed by atoms with Crippen molar-refractivity contribution in [3.05, 3.63) is 29.0 Å². The topological polar surface area (TPSA) is 29.1 Å². The fraction of sp³-hybridized carbons (Fsp3) is 0. The number of anilines is 1. The molecule has 0 saturated carbocycles. The fourth-order valence-corrected chi connectivity index (χ4v) is 0.844. The van der Waals surface area contributed by atoms with Gasteiger partial charge < -0.3 is 5.32 Å². The zero-order valence-electron chi connectivity index (χ0n) is 5.47. The second kappa shape index (κ2) is 3.34. The van der Waals surface area contributed by atoms with Crippen LogP contribution in [-0.2, 0) is 4.79 Å². The van der Waals surface area contributed by atoms with Gasteiger partial charge in [0.05, 0.1) is 5.69 Å². The molecule has 0 aromatic heterocycles. The minimum absolute atomic E-state index is 0.0903. The minimum Gasteiger partial charge on any atom is -0.326 e. The normalized spacial score (nSPS) is 9.27. The number of carbonyl (C=O) groups excluding carboxylic acids is 1. The molecule has 0 spiro atoms. The van der Waals surface area contributed by atoms with Gasteiger partial charge in [0.1, 0.15) is 5.82 Å². The highest BCUT2D eigenvalue weighted by Gasteiger charge is 1.99. The van der Waals surface area contributed by atoms with Gasteiger partial charge in [-0.25, -0.2) is 4.39 Å². The van der Waals surface area contributed by atoms with Crippen molar-refractivity contribution in [2.75, 3.05) is 5.32 Å². The molecule has 0 aliphatic heterocycles. The number of benzene rings is 1. The van der Waals surface area contributed by atoms with Gasteiger partial charge in [0.15, 0.2) is 0 Å². The summed E-state index contributed by atoms with van der Waals surface area (Å²) in [5, 5.41) is 2.56. The van der Waals surface area contributed by atoms with Crippen LogP contribution in [0.1, 0.15) is 0 Å². The van der Waals surface area contributed by atoms with Crippen molar-refractivity contribution in [2.45, 2.75) is 0 Å². The maximum Gasteiger partial charge on any atom is 0.211 e. The minimum atomic E-state index is -0.499. The summed E-state index contributed by atoms with van der Waals surface area (Å²) >= 11 is 5.53. The average Bonchev–Trinajstić information content (AvgIpc) is 1.98. The predicted octanol–water partition coefficient (Wildman–Crippen LogP) is 2.05. The number of rotatable bonds is 2. The Balaban J connectivity index is 3.01. The Morgan fingerprint density at radius 1 is 1.55 bits per heavy atom. The molecule has 11 heavy (non-hydrogen) atoms. The first-order valence-corrected chi connectivity index (χ1v) is 3.27. The van der Waals surface area contributed by atoms with E-state index in [0.717, 1.165) is 0 Å². The van der Waals surface area contributed by atoms with Crippen molar-refractivity contribution in [2.24, 2.45) is 0 Å². The summed E-state index contributed by atoms with van der Waals surface area (Å²) in [7, 11) is 0. The predicted molar refractivity (Wildman–Crippen MR) is 41.1 cm³/mol. The van der Waals surface area contributed by atoms with Crippen LogP contribution in [0.4, 0.5) is 10.1 Å². The van der Waals surface area contributed by atoms with E-state index >= 15 is 0 Å². The van der Waals surface area contributed by atoms with Crippen LogP contribution < -0.4 is 5.32 Å². The molecular weight excluding hydrogens is 169 g/mol. The number of halogens is 2. The zero-order valence-corrected chi connectivity index (χ0v) is 6.23. The number of hydrogen-bond acceptors (Lipinski definition) is 1. The lowest BCUT2D eigenvalue weighted by Crippen LogP contribution is -1.96. The molecule has 0 aliphatic rings. The SMILES string of the molecule is O=CNc1cc(Cl)ccc1F. The molecular formula is C7H5ClFNO. The van der Waals surface area contributed by atoms with Crippen molar-refractivity contribution in [3.63, 3.8) is 0 Å². The van der Waals surface area contributed by atoms with Gasteiger partial charge in [-0.1, -0.05) is 11.6 Å². The third kappa shape index (κ3) is 1.91. The van der Waals surface area contributed by atoms with E-state index in [-0.39, 0.29) is 5.69 Å². The molecule has 1 N–H and O–H groups in total. The smallest absolute Gasteiger partial charge is 0.211 e. The van der Waals surface area contributed by atoms with Crippen molar-refractivity contribution >= 4 is 23.7 Å². The van der Waals surface area contributed by atoms with Gasteiger partial charge in [0.2, 0.25) is 6.41 Å². The molecule has 1 amide bonds. The molecule has 0 atom stereocenters. The highest BCUT2D eigenvalue weighted by Crippen LogP contribution is 2.18. The zero-order chi connectivity index (χ0) is 8.27. The summed E-state index contributed by atoms with van der Waals surface area (Å²) in [6.45, 7) is 0. The summed E-state index contributed by atoms with van der Waals surface area (Å²) < 4.78 is 12.7. The molecule has 1 aromatic rings. The number of hydrogen-bond donors (Lipinski definition) is 1. The van der Waals surface area contributed by atoms with Crippen LogP contribution in [0.15, 0.2) is 18.2 Å². The molecule has 0 fully saturated rings. The van der Waals surface area contributed by atoms with E-state index in [2.05, 4.69) is 5.32 Å². The van der Waals surface area contributed by atoms with Gasteiger partial charge >= 0.3 is 0 Å². The first-order valence-electron chi connectivity index (χ1n) is 2.89. The van der Waals surface area contributed by atoms with Crippen molar-refractivity contribution < 1.29 is 9.18 Å². The highest BCUT2D eigenvalue weighted by atomic mass is 35.5. The lowest BCUT2D eigenvalue weighted by molar-refractivity contribution is -0.105. The Labute approximate surface area is 68.0 Å². The molecule has 58 valence electrons. The Hall–Kier alpha value is -1.09. The van der Waals surface area contributed by atoms with Crippen LogP contribution in [0, 0.1) is 5.82 Å². The highest BCUT2D eigenvalue weighted by molar-refractivity contribution is 6.30. The summed E-state index contributed by atoms with van der Waals surface area (Å²) in [6, 6.07) is 3.94. The Bertz CT molecular complexity index is 277. The van der Waals surface area contributed by atoms with Crippen LogP contribution in [0.5, 0.6) is 0 Å². The fourth-order valence-electron chi connectivity index (χ4n) is 0.672. The quantitative estimate of drug-likeness (QED) is 0.682. The van der Waals surface area contributed by atoms with Crippen LogP contribution >= 0.6 is 11.6 Å². The van der Waals surface area contributed by atoms with Crippen LogP contribution in [0.3, 0.4) is 0 Å². The van der Waals surface area contributed by atoms with Crippen molar-refractivity contribution in [3.8, 4) is 0 Å². The van der Waals surface area contributed by atoms with E-state index in [1.807, 2.05) is 0 Å². The molecule has 0 unspecified atom stereocenters. The van der Waals surface area contributed by atoms with Crippen LogP contribution in [0.25, 0.3) is 0 Å². The number of amides is 1. The molecule has 0 heterocycles. The molecule has 0 saturated heterocycles. The third-order valence-electron chi connectivity index (χ3n) is 1.14. The van der Waals surface area contributed by atoms with Gasteiger partial charge in [-0.2, -0.15) is 0 Å². The maximum atomic E-state index is 12.7. The number of carbonyl (C=O) groups is 1. The van der Waals surface area contributed by atoms with E-state index in [9.17, 15) is 9.18 Å². The Morgan fingerprint density at radius 2 is 2.27 bits per heavy atom. The van der Waals surface area contributed by atoms with Gasteiger partial charge in [-0.3, -0.25) is 4.79 Å². The first-order chi connectivity index (χ1) is 5.24. The monoisotopic (exact) mass is 173 g/mol. The second-order valence-corrected chi connectivity index (χ2v) is 2.32. The number of nitrogens with one attached hydrogen (secondary N) is 1. The second-order valence-electron chi connectivity index (χ2n) is 1.89. The van der Waals surface area contributed by atoms with E-state index in [1.54, 1.807) is 0 Å². The molecule has 0 aliphatic carbocycles. The lowest BCUT2D eigenvalue weighted by atomic mass is 10.3. The molecule has 2 nitrogen and oxygen atoms in total.